The average molecular weight is 920 g/mol. The number of halogens is 6. The van der Waals surface area contributed by atoms with E-state index in [-0.39, 0.29) is 35.2 Å². The van der Waals surface area contributed by atoms with Crippen LogP contribution in [0.3, 0.4) is 0 Å². The minimum atomic E-state index is -3.88. The Kier molecular flexibility index (Phi) is 14.9. The highest BCUT2D eigenvalue weighted by molar-refractivity contribution is 9.11. The normalized spacial score (nSPS) is 13.1. The number of hydrogen-bond acceptors (Lipinski definition) is 6. The van der Waals surface area contributed by atoms with Crippen LogP contribution >= 0.6 is 95.6 Å². The number of alkyl halides is 2. The molecular weight excluding hydrogens is 896 g/mol. The van der Waals surface area contributed by atoms with Crippen LogP contribution in [0.15, 0.2) is 77.3 Å². The quantitative estimate of drug-likeness (QED) is 0.125. The van der Waals surface area contributed by atoms with Gasteiger partial charge in [0, 0.05) is 10.7 Å². The van der Waals surface area contributed by atoms with Crippen LogP contribution in [0.1, 0.15) is 0 Å². The van der Waals surface area contributed by atoms with Crippen molar-refractivity contribution in [2.45, 2.75) is 22.0 Å². The van der Waals surface area contributed by atoms with E-state index >= 15 is 0 Å². The van der Waals surface area contributed by atoms with Gasteiger partial charge in [0.25, 0.3) is 0 Å². The Bertz CT molecular complexity index is 1060. The van der Waals surface area contributed by atoms with E-state index in [1.807, 2.05) is 0 Å². The zero-order valence-corrected chi connectivity index (χ0v) is 29.7. The minimum Gasteiger partial charge on any atom is -0.488 e. The van der Waals surface area contributed by atoms with Gasteiger partial charge in [0.05, 0.1) is 40.9 Å². The van der Waals surface area contributed by atoms with Crippen LogP contribution in [0, 0.1) is 0 Å². The second-order valence-electron chi connectivity index (χ2n) is 7.35. The van der Waals surface area contributed by atoms with Gasteiger partial charge in [-0.1, -0.05) is 44.0 Å². The summed E-state index contributed by atoms with van der Waals surface area (Å²) < 4.78 is 51.9. The van der Waals surface area contributed by atoms with Gasteiger partial charge in [-0.05, 0) is 88.0 Å². The van der Waals surface area contributed by atoms with Crippen molar-refractivity contribution >= 4 is 105 Å². The molecule has 37 heavy (non-hydrogen) atoms. The summed E-state index contributed by atoms with van der Waals surface area (Å²) in [6.45, 7) is 8.60. The molecule has 204 valence electrons. The van der Waals surface area contributed by atoms with E-state index < -0.39 is 9.84 Å². The van der Waals surface area contributed by atoms with Gasteiger partial charge in [0.2, 0.25) is 9.84 Å². The summed E-state index contributed by atoms with van der Waals surface area (Å²) in [5.41, 5.74) is 0. The maximum absolute atomic E-state index is 13.5. The molecule has 0 radical (unpaired) electrons. The molecule has 0 aromatic heterocycles. The molecule has 0 spiro atoms. The predicted octanol–water partition coefficient (Wildman–Crippen LogP) is 8.26. The molecule has 0 heterocycles. The van der Waals surface area contributed by atoms with Crippen LogP contribution in [0.4, 0.5) is 0 Å². The third-order valence-electron chi connectivity index (χ3n) is 4.64. The number of hydrogen-bond donors (Lipinski definition) is 0. The predicted molar refractivity (Wildman–Crippen MR) is 168 cm³/mol. The number of ether oxygens (including phenoxy) is 4. The molecular formula is C24H24Br6O6S. The molecule has 13 heteroatoms. The molecule has 2 rings (SSSR count). The molecule has 2 aromatic rings. The first kappa shape index (κ1) is 33.5. The van der Waals surface area contributed by atoms with E-state index in [0.29, 0.717) is 53.3 Å². The van der Waals surface area contributed by atoms with Gasteiger partial charge in [-0.2, -0.15) is 0 Å². The smallest absolute Gasteiger partial charge is 0.206 e. The topological polar surface area (TPSA) is 71.1 Å². The van der Waals surface area contributed by atoms with Crippen LogP contribution in [0.25, 0.3) is 0 Å². The summed E-state index contributed by atoms with van der Waals surface area (Å²) in [7, 11) is -3.88. The van der Waals surface area contributed by atoms with Crippen LogP contribution in [-0.2, 0) is 19.3 Å². The van der Waals surface area contributed by atoms with Gasteiger partial charge in [-0.3, -0.25) is 0 Å². The van der Waals surface area contributed by atoms with E-state index in [2.05, 4.69) is 109 Å². The third kappa shape index (κ3) is 9.70. The first-order valence-electron chi connectivity index (χ1n) is 10.6. The highest BCUT2D eigenvalue weighted by Crippen LogP contribution is 2.41. The molecule has 0 aliphatic carbocycles. The Morgan fingerprint density at radius 2 is 1.03 bits per heavy atom. The Labute approximate surface area is 268 Å². The maximum Gasteiger partial charge on any atom is 0.206 e. The first-order chi connectivity index (χ1) is 17.6. The maximum atomic E-state index is 13.5. The lowest BCUT2D eigenvalue weighted by Gasteiger charge is -2.18. The van der Waals surface area contributed by atoms with Crippen LogP contribution in [-0.4, -0.2) is 57.7 Å². The Hall–Kier alpha value is 0.270. The molecule has 0 N–H and O–H groups in total. The largest absolute Gasteiger partial charge is 0.488 e. The minimum absolute atomic E-state index is 0.0863. The molecule has 6 nitrogen and oxygen atoms in total. The monoisotopic (exact) mass is 914 g/mol. The van der Waals surface area contributed by atoms with E-state index in [4.69, 9.17) is 18.9 Å². The van der Waals surface area contributed by atoms with Crippen molar-refractivity contribution in [3.8, 4) is 11.5 Å². The lowest BCUT2D eigenvalue weighted by Crippen LogP contribution is -2.23. The summed E-state index contributed by atoms with van der Waals surface area (Å²) in [6.07, 6.45) is 2.92. The summed E-state index contributed by atoms with van der Waals surface area (Å²) in [5, 5.41) is 1.15. The van der Waals surface area contributed by atoms with Gasteiger partial charge in [0.1, 0.15) is 36.9 Å². The lowest BCUT2D eigenvalue weighted by atomic mass is 10.3. The van der Waals surface area contributed by atoms with Crippen molar-refractivity contribution < 1.29 is 27.4 Å². The average Bonchev–Trinajstić information content (AvgIpc) is 2.86. The third-order valence-corrected chi connectivity index (χ3v) is 10.1. The first-order valence-corrected chi connectivity index (χ1v) is 17.5. The van der Waals surface area contributed by atoms with Gasteiger partial charge >= 0.3 is 0 Å². The molecule has 0 aliphatic heterocycles. The van der Waals surface area contributed by atoms with Crippen molar-refractivity contribution in [3.63, 3.8) is 0 Å². The molecule has 0 aliphatic rings. The second kappa shape index (κ2) is 16.5. The standard InChI is InChI=1S/C24H24Br6O6S/c1-3-5-33-15(11-25)13-35-23-19(27)7-17(8-20(23)28)37(31,32)18-9-21(29)24(22(30)10-18)36-14-16(12-26)34-6-4-2/h3-4,7-10,15-16H,1-2,5-6,11-14H2. The number of sulfone groups is 1. The Morgan fingerprint density at radius 3 is 1.30 bits per heavy atom. The zero-order valence-electron chi connectivity index (χ0n) is 19.4. The van der Waals surface area contributed by atoms with E-state index in [0.717, 1.165) is 0 Å². The molecule has 0 saturated heterocycles. The fourth-order valence-corrected chi connectivity index (χ4v) is 8.38. The molecule has 2 unspecified atom stereocenters. The van der Waals surface area contributed by atoms with Crippen molar-refractivity contribution in [2.24, 2.45) is 0 Å². The van der Waals surface area contributed by atoms with Crippen molar-refractivity contribution in [1.82, 2.24) is 0 Å². The Morgan fingerprint density at radius 1 is 0.703 bits per heavy atom. The van der Waals surface area contributed by atoms with Crippen LogP contribution < -0.4 is 9.47 Å². The summed E-state index contributed by atoms with van der Waals surface area (Å²) in [4.78, 5) is 0.173. The fraction of sp³-hybridized carbons (Fsp3) is 0.333. The van der Waals surface area contributed by atoms with Crippen LogP contribution in [0.2, 0.25) is 0 Å². The van der Waals surface area contributed by atoms with E-state index in [1.165, 1.54) is 24.3 Å². The highest BCUT2D eigenvalue weighted by atomic mass is 79.9. The summed E-state index contributed by atoms with van der Waals surface area (Å²) in [6, 6.07) is 6.03. The number of benzene rings is 2. The van der Waals surface area contributed by atoms with Crippen molar-refractivity contribution in [2.75, 3.05) is 37.1 Å². The van der Waals surface area contributed by atoms with E-state index in [9.17, 15) is 8.42 Å². The van der Waals surface area contributed by atoms with Gasteiger partial charge in [0.15, 0.2) is 0 Å². The molecule has 0 fully saturated rings. The fourth-order valence-electron chi connectivity index (χ4n) is 2.83. The summed E-state index contributed by atoms with van der Waals surface area (Å²) in [5.74, 6) is 0.941. The zero-order chi connectivity index (χ0) is 27.6. The highest BCUT2D eigenvalue weighted by Gasteiger charge is 2.24. The molecule has 0 saturated carbocycles. The van der Waals surface area contributed by atoms with Gasteiger partial charge in [-0.15, -0.1) is 13.2 Å². The van der Waals surface area contributed by atoms with Gasteiger partial charge in [-0.25, -0.2) is 8.42 Å². The molecule has 0 bridgehead atoms. The molecule has 2 aromatic carbocycles. The van der Waals surface area contributed by atoms with Crippen molar-refractivity contribution in [1.29, 1.82) is 0 Å². The molecule has 2 atom stereocenters. The van der Waals surface area contributed by atoms with E-state index in [1.54, 1.807) is 12.2 Å². The molecule has 0 amide bonds. The Balaban J connectivity index is 2.26. The SMILES string of the molecule is C=CCOC(CBr)COc1c(Br)cc(S(=O)(=O)c2cc(Br)c(OCC(CBr)OCC=C)c(Br)c2)cc1Br. The summed E-state index contributed by atoms with van der Waals surface area (Å²) >= 11 is 20.5. The van der Waals surface area contributed by atoms with Crippen molar-refractivity contribution in [3.05, 3.63) is 67.5 Å². The van der Waals surface area contributed by atoms with Gasteiger partial charge < -0.3 is 18.9 Å². The second-order valence-corrected chi connectivity index (χ2v) is 14.0. The van der Waals surface area contributed by atoms with Crippen LogP contribution in [0.5, 0.6) is 11.5 Å². The lowest BCUT2D eigenvalue weighted by molar-refractivity contribution is 0.0529. The number of rotatable bonds is 16.